The zero-order valence-electron chi connectivity index (χ0n) is 16.8. The second-order valence-corrected chi connectivity index (χ2v) is 9.04. The Hall–Kier alpha value is -2.26. The number of fused-ring (bicyclic) bond motifs is 3. The Labute approximate surface area is 173 Å². The average Bonchev–Trinajstić information content (AvgIpc) is 3.08. The van der Waals surface area contributed by atoms with Crippen molar-refractivity contribution in [3.05, 3.63) is 27.1 Å². The summed E-state index contributed by atoms with van der Waals surface area (Å²) in [4.78, 5) is 47.6. The number of aryl methyl sites for hydroxylation is 1. The quantitative estimate of drug-likeness (QED) is 0.737. The van der Waals surface area contributed by atoms with Gasteiger partial charge in [-0.1, -0.05) is 6.92 Å². The number of thiophene rings is 1. The monoisotopic (exact) mass is 418 g/mol. The van der Waals surface area contributed by atoms with Gasteiger partial charge in [0.2, 0.25) is 11.8 Å². The lowest BCUT2D eigenvalue weighted by Gasteiger charge is -2.28. The van der Waals surface area contributed by atoms with Crippen molar-refractivity contribution in [1.82, 2.24) is 19.4 Å². The minimum absolute atomic E-state index is 0.00497. The van der Waals surface area contributed by atoms with Gasteiger partial charge in [-0.15, -0.1) is 11.3 Å². The molecule has 0 spiro atoms. The van der Waals surface area contributed by atoms with Crippen LogP contribution in [0.2, 0.25) is 0 Å². The molecule has 2 aromatic rings. The smallest absolute Gasteiger partial charge is 0.262 e. The van der Waals surface area contributed by atoms with Crippen LogP contribution in [0.1, 0.15) is 23.8 Å². The number of hydrogen-bond donors (Lipinski definition) is 0. The highest BCUT2D eigenvalue weighted by Crippen LogP contribution is 2.35. The van der Waals surface area contributed by atoms with Crippen molar-refractivity contribution in [1.29, 1.82) is 0 Å². The Morgan fingerprint density at radius 3 is 2.86 bits per heavy atom. The number of nitrogens with zero attached hydrogens (tertiary/aromatic N) is 4. The largest absolute Gasteiger partial charge is 0.378 e. The predicted molar refractivity (Wildman–Crippen MR) is 110 cm³/mol. The number of hydrogen-bond acceptors (Lipinski definition) is 6. The van der Waals surface area contributed by atoms with E-state index in [0.29, 0.717) is 37.6 Å². The maximum atomic E-state index is 13.0. The molecule has 0 radical (unpaired) electrons. The van der Waals surface area contributed by atoms with Gasteiger partial charge in [-0.3, -0.25) is 19.0 Å². The molecule has 29 heavy (non-hydrogen) atoms. The summed E-state index contributed by atoms with van der Waals surface area (Å²) in [7, 11) is 1.59. The Morgan fingerprint density at radius 2 is 2.10 bits per heavy atom. The molecule has 1 aliphatic heterocycles. The molecule has 1 aliphatic carbocycles. The van der Waals surface area contributed by atoms with Crippen LogP contribution in [0.5, 0.6) is 0 Å². The van der Waals surface area contributed by atoms with Crippen LogP contribution in [0.4, 0.5) is 0 Å². The number of ether oxygens (including phenoxy) is 1. The summed E-state index contributed by atoms with van der Waals surface area (Å²) in [6.07, 6.45) is 4.39. The van der Waals surface area contributed by atoms with Crippen molar-refractivity contribution in [2.75, 3.05) is 39.9 Å². The summed E-state index contributed by atoms with van der Waals surface area (Å²) in [5, 5.41) is 0.666. The topological polar surface area (TPSA) is 84.7 Å². The lowest BCUT2D eigenvalue weighted by atomic mass is 9.89. The number of likely N-dealkylation sites (N-methyl/N-ethyl adjacent to an activating group) is 1. The maximum absolute atomic E-state index is 13.0. The Kier molecular flexibility index (Phi) is 5.69. The van der Waals surface area contributed by atoms with Gasteiger partial charge in [0.1, 0.15) is 11.4 Å². The van der Waals surface area contributed by atoms with Crippen LogP contribution in [0.3, 0.4) is 0 Å². The predicted octanol–water partition coefficient (Wildman–Crippen LogP) is 0.900. The molecule has 9 heteroatoms. The van der Waals surface area contributed by atoms with E-state index in [1.807, 2.05) is 0 Å². The molecule has 0 aromatic carbocycles. The standard InChI is InChI=1S/C20H26N4O4S/c1-13-3-4-14-15(9-13)29-19-18(14)20(27)24(12-21-19)11-16(25)22(2)10-17(26)23-5-7-28-8-6-23/h12-13H,3-11H2,1-2H3/t13-/m0/s1. The molecule has 1 atom stereocenters. The molecule has 8 nitrogen and oxygen atoms in total. The van der Waals surface area contributed by atoms with Gasteiger partial charge in [-0.05, 0) is 30.7 Å². The molecule has 3 heterocycles. The molecule has 1 fully saturated rings. The fourth-order valence-electron chi connectivity index (χ4n) is 3.95. The summed E-state index contributed by atoms with van der Waals surface area (Å²) in [5.41, 5.74) is 0.946. The van der Waals surface area contributed by atoms with Gasteiger partial charge in [0, 0.05) is 25.0 Å². The summed E-state index contributed by atoms with van der Waals surface area (Å²) in [6.45, 7) is 4.24. The molecule has 0 saturated carbocycles. The SMILES string of the molecule is C[C@H]1CCc2c(sc3ncn(CC(=O)N(C)CC(=O)N4CCOCC4)c(=O)c23)C1. The first-order valence-electron chi connectivity index (χ1n) is 10.0. The number of amides is 2. The summed E-state index contributed by atoms with van der Waals surface area (Å²) in [6, 6.07) is 0. The highest BCUT2D eigenvalue weighted by Gasteiger charge is 2.24. The lowest BCUT2D eigenvalue weighted by molar-refractivity contribution is -0.142. The number of rotatable bonds is 4. The first-order chi connectivity index (χ1) is 13.9. The zero-order chi connectivity index (χ0) is 20.5. The van der Waals surface area contributed by atoms with E-state index in [0.717, 1.165) is 29.7 Å². The highest BCUT2D eigenvalue weighted by molar-refractivity contribution is 7.18. The van der Waals surface area contributed by atoms with E-state index < -0.39 is 0 Å². The van der Waals surface area contributed by atoms with Gasteiger partial charge in [-0.25, -0.2) is 4.98 Å². The van der Waals surface area contributed by atoms with Crippen molar-refractivity contribution >= 4 is 33.4 Å². The third-order valence-electron chi connectivity index (χ3n) is 5.75. The first-order valence-corrected chi connectivity index (χ1v) is 10.8. The molecule has 0 N–H and O–H groups in total. The van der Waals surface area contributed by atoms with Gasteiger partial charge < -0.3 is 14.5 Å². The van der Waals surface area contributed by atoms with E-state index in [-0.39, 0.29) is 30.5 Å². The van der Waals surface area contributed by atoms with Gasteiger partial charge in [-0.2, -0.15) is 0 Å². The van der Waals surface area contributed by atoms with Gasteiger partial charge in [0.05, 0.1) is 31.5 Å². The minimum atomic E-state index is -0.285. The number of carbonyl (C=O) groups excluding carboxylic acids is 2. The van der Waals surface area contributed by atoms with Crippen molar-refractivity contribution in [3.8, 4) is 0 Å². The molecule has 2 aliphatic rings. The lowest BCUT2D eigenvalue weighted by Crippen LogP contribution is -2.46. The minimum Gasteiger partial charge on any atom is -0.378 e. The van der Waals surface area contributed by atoms with E-state index in [1.165, 1.54) is 20.7 Å². The van der Waals surface area contributed by atoms with Crippen LogP contribution in [-0.4, -0.2) is 71.1 Å². The molecule has 156 valence electrons. The van der Waals surface area contributed by atoms with Crippen LogP contribution in [-0.2, 0) is 33.7 Å². The third-order valence-corrected chi connectivity index (χ3v) is 6.91. The van der Waals surface area contributed by atoms with E-state index in [2.05, 4.69) is 11.9 Å². The number of aromatic nitrogens is 2. The molecular weight excluding hydrogens is 392 g/mol. The van der Waals surface area contributed by atoms with Crippen LogP contribution < -0.4 is 5.56 Å². The molecule has 0 unspecified atom stereocenters. The Morgan fingerprint density at radius 1 is 1.34 bits per heavy atom. The van der Waals surface area contributed by atoms with E-state index in [1.54, 1.807) is 23.3 Å². The Balaban J connectivity index is 1.48. The zero-order valence-corrected chi connectivity index (χ0v) is 17.7. The summed E-state index contributed by atoms with van der Waals surface area (Å²) in [5.74, 6) is 0.232. The van der Waals surface area contributed by atoms with Crippen LogP contribution >= 0.6 is 11.3 Å². The van der Waals surface area contributed by atoms with E-state index in [9.17, 15) is 14.4 Å². The van der Waals surface area contributed by atoms with E-state index in [4.69, 9.17) is 4.74 Å². The fourth-order valence-corrected chi connectivity index (χ4v) is 5.29. The molecular formula is C20H26N4O4S. The number of morpholine rings is 1. The molecule has 2 amide bonds. The van der Waals surface area contributed by atoms with Crippen molar-refractivity contribution < 1.29 is 14.3 Å². The van der Waals surface area contributed by atoms with Gasteiger partial charge in [0.25, 0.3) is 5.56 Å². The molecule has 4 rings (SSSR count). The second kappa shape index (κ2) is 8.23. The third kappa shape index (κ3) is 4.06. The van der Waals surface area contributed by atoms with Crippen molar-refractivity contribution in [3.63, 3.8) is 0 Å². The van der Waals surface area contributed by atoms with Crippen LogP contribution in [0, 0.1) is 5.92 Å². The average molecular weight is 419 g/mol. The summed E-state index contributed by atoms with van der Waals surface area (Å²) < 4.78 is 6.62. The highest BCUT2D eigenvalue weighted by atomic mass is 32.1. The normalized spacial score (nSPS) is 19.2. The van der Waals surface area contributed by atoms with E-state index >= 15 is 0 Å². The Bertz CT molecular complexity index is 992. The van der Waals surface area contributed by atoms with Crippen LogP contribution in [0.25, 0.3) is 10.2 Å². The van der Waals surface area contributed by atoms with Crippen LogP contribution in [0.15, 0.2) is 11.1 Å². The van der Waals surface area contributed by atoms with Crippen molar-refractivity contribution in [2.45, 2.75) is 32.7 Å². The van der Waals surface area contributed by atoms with Gasteiger partial charge in [0.15, 0.2) is 0 Å². The first kappa shape index (κ1) is 20.0. The molecule has 0 bridgehead atoms. The second-order valence-electron chi connectivity index (χ2n) is 7.95. The molecule has 2 aromatic heterocycles. The fraction of sp³-hybridized carbons (Fsp3) is 0.600. The van der Waals surface area contributed by atoms with Gasteiger partial charge >= 0.3 is 0 Å². The summed E-state index contributed by atoms with van der Waals surface area (Å²) >= 11 is 1.60. The van der Waals surface area contributed by atoms with Crippen molar-refractivity contribution in [2.24, 2.45) is 5.92 Å². The number of carbonyl (C=O) groups is 2. The maximum Gasteiger partial charge on any atom is 0.262 e. The molecule has 1 saturated heterocycles.